The molecular weight excluding hydrogens is 368 g/mol. The van der Waals surface area contributed by atoms with Crippen LogP contribution in [0, 0.1) is 13.8 Å². The summed E-state index contributed by atoms with van der Waals surface area (Å²) in [4.78, 5) is 28.7. The van der Waals surface area contributed by atoms with E-state index in [1.807, 2.05) is 19.9 Å². The average molecular weight is 389 g/mol. The lowest BCUT2D eigenvalue weighted by molar-refractivity contribution is -0.118. The molecule has 3 rings (SSSR count). The Morgan fingerprint density at radius 1 is 1.37 bits per heavy atom. The van der Waals surface area contributed by atoms with E-state index < -0.39 is 6.04 Å². The molecule has 9 heteroatoms. The highest BCUT2D eigenvalue weighted by molar-refractivity contribution is 6.31. The number of aryl methyl sites for hydroxylation is 1. The topological polar surface area (TPSA) is 101 Å². The number of nitrogens with one attached hydrogen (secondary N) is 3. The molecule has 3 amide bonds. The number of amides is 3. The minimum Gasteiger partial charge on any atom is -0.350 e. The molecule has 0 radical (unpaired) electrons. The van der Waals surface area contributed by atoms with Crippen LogP contribution in [0.4, 0.5) is 4.79 Å². The zero-order valence-corrected chi connectivity index (χ0v) is 16.1. The standard InChI is InChI=1S/C18H21ClN6O2/c1-10-14(16(23-18(27)22-10)13-5-4-6-20-9-13)17(26)21-7-8-25-12(3)15(19)11(2)24-25/h4-6,9,16H,7-8H2,1-3H3,(H,21,26)(H2,22,23,27). The maximum atomic E-state index is 12.8. The minimum atomic E-state index is -0.560. The Hall–Kier alpha value is -2.87. The Morgan fingerprint density at radius 2 is 2.15 bits per heavy atom. The van der Waals surface area contributed by atoms with Gasteiger partial charge in [-0.2, -0.15) is 5.10 Å². The lowest BCUT2D eigenvalue weighted by Gasteiger charge is -2.28. The predicted molar refractivity (Wildman–Crippen MR) is 101 cm³/mol. The quantitative estimate of drug-likeness (QED) is 0.729. The smallest absolute Gasteiger partial charge is 0.319 e. The number of carbonyl (C=O) groups is 2. The van der Waals surface area contributed by atoms with Crippen molar-refractivity contribution in [3.8, 4) is 0 Å². The molecule has 1 aliphatic rings. The van der Waals surface area contributed by atoms with Gasteiger partial charge in [0.1, 0.15) is 0 Å². The first-order chi connectivity index (χ1) is 12.9. The van der Waals surface area contributed by atoms with Crippen LogP contribution < -0.4 is 16.0 Å². The fourth-order valence-corrected chi connectivity index (χ4v) is 3.19. The van der Waals surface area contributed by atoms with Gasteiger partial charge in [0.05, 0.1) is 34.6 Å². The van der Waals surface area contributed by atoms with Crippen LogP contribution in [0.3, 0.4) is 0 Å². The number of allylic oxidation sites excluding steroid dienone is 1. The van der Waals surface area contributed by atoms with Crippen molar-refractivity contribution in [3.05, 3.63) is 57.8 Å². The van der Waals surface area contributed by atoms with Crippen LogP contribution >= 0.6 is 11.6 Å². The molecule has 0 fully saturated rings. The second-order valence-electron chi connectivity index (χ2n) is 6.32. The molecule has 3 heterocycles. The highest BCUT2D eigenvalue weighted by Crippen LogP contribution is 2.26. The molecule has 142 valence electrons. The first-order valence-corrected chi connectivity index (χ1v) is 8.92. The predicted octanol–water partition coefficient (Wildman–Crippen LogP) is 1.99. The average Bonchev–Trinajstić information content (AvgIpc) is 2.88. The summed E-state index contributed by atoms with van der Waals surface area (Å²) in [6, 6.07) is 2.67. The van der Waals surface area contributed by atoms with Gasteiger partial charge in [-0.3, -0.25) is 14.5 Å². The van der Waals surface area contributed by atoms with Gasteiger partial charge in [-0.25, -0.2) is 4.79 Å². The molecule has 1 atom stereocenters. The maximum absolute atomic E-state index is 12.8. The minimum absolute atomic E-state index is 0.263. The van der Waals surface area contributed by atoms with Gasteiger partial charge in [0.2, 0.25) is 0 Å². The van der Waals surface area contributed by atoms with Gasteiger partial charge in [0.25, 0.3) is 5.91 Å². The zero-order chi connectivity index (χ0) is 19.6. The van der Waals surface area contributed by atoms with Crippen LogP contribution in [0.5, 0.6) is 0 Å². The van der Waals surface area contributed by atoms with Crippen molar-refractivity contribution in [2.24, 2.45) is 0 Å². The van der Waals surface area contributed by atoms with E-state index in [0.29, 0.717) is 29.4 Å². The zero-order valence-electron chi connectivity index (χ0n) is 15.3. The Bertz CT molecular complexity index is 906. The summed E-state index contributed by atoms with van der Waals surface area (Å²) in [5.41, 5.74) is 3.32. The summed E-state index contributed by atoms with van der Waals surface area (Å²) < 4.78 is 1.76. The molecule has 0 aromatic carbocycles. The highest BCUT2D eigenvalue weighted by Gasteiger charge is 2.31. The third kappa shape index (κ3) is 3.95. The molecule has 1 aliphatic heterocycles. The Labute approximate surface area is 162 Å². The summed E-state index contributed by atoms with van der Waals surface area (Å²) in [7, 11) is 0. The van der Waals surface area contributed by atoms with Crippen molar-refractivity contribution in [2.75, 3.05) is 6.54 Å². The summed E-state index contributed by atoms with van der Waals surface area (Å²) >= 11 is 6.15. The Kier molecular flexibility index (Phi) is 5.46. The number of halogens is 1. The molecular formula is C18H21ClN6O2. The molecule has 27 heavy (non-hydrogen) atoms. The Balaban J connectivity index is 1.74. The van der Waals surface area contributed by atoms with Gasteiger partial charge in [0.15, 0.2) is 0 Å². The number of aromatic nitrogens is 3. The molecule has 0 spiro atoms. The number of nitrogens with zero attached hydrogens (tertiary/aromatic N) is 3. The number of hydrogen-bond acceptors (Lipinski definition) is 4. The van der Waals surface area contributed by atoms with Gasteiger partial charge in [-0.15, -0.1) is 0 Å². The van der Waals surface area contributed by atoms with E-state index in [2.05, 4.69) is 26.0 Å². The van der Waals surface area contributed by atoms with Gasteiger partial charge in [0, 0.05) is 24.6 Å². The highest BCUT2D eigenvalue weighted by atomic mass is 35.5. The summed E-state index contributed by atoms with van der Waals surface area (Å²) in [6.07, 6.45) is 3.27. The second-order valence-corrected chi connectivity index (χ2v) is 6.70. The first kappa shape index (κ1) is 18.9. The van der Waals surface area contributed by atoms with Crippen molar-refractivity contribution >= 4 is 23.5 Å². The normalized spacial score (nSPS) is 16.7. The molecule has 0 saturated heterocycles. The number of pyridine rings is 1. The van der Waals surface area contributed by atoms with E-state index in [1.165, 1.54) is 0 Å². The van der Waals surface area contributed by atoms with Gasteiger partial charge in [-0.1, -0.05) is 17.7 Å². The van der Waals surface area contributed by atoms with Crippen LogP contribution in [0.25, 0.3) is 0 Å². The molecule has 0 aliphatic carbocycles. The van der Waals surface area contributed by atoms with Crippen molar-refractivity contribution < 1.29 is 9.59 Å². The summed E-state index contributed by atoms with van der Waals surface area (Å²) in [5, 5.41) is 13.3. The summed E-state index contributed by atoms with van der Waals surface area (Å²) in [5.74, 6) is -0.263. The molecule has 0 bridgehead atoms. The lowest BCUT2D eigenvalue weighted by Crippen LogP contribution is -2.47. The van der Waals surface area contributed by atoms with Crippen molar-refractivity contribution in [1.82, 2.24) is 30.7 Å². The van der Waals surface area contributed by atoms with Crippen LogP contribution in [-0.2, 0) is 11.3 Å². The van der Waals surface area contributed by atoms with Crippen LogP contribution in [-0.4, -0.2) is 33.2 Å². The fraction of sp³-hybridized carbons (Fsp3) is 0.333. The van der Waals surface area contributed by atoms with E-state index in [1.54, 1.807) is 30.1 Å². The molecule has 3 N–H and O–H groups in total. The second kappa shape index (κ2) is 7.79. The monoisotopic (exact) mass is 388 g/mol. The molecule has 0 saturated carbocycles. The van der Waals surface area contributed by atoms with E-state index in [-0.39, 0.29) is 11.9 Å². The molecule has 8 nitrogen and oxygen atoms in total. The lowest BCUT2D eigenvalue weighted by atomic mass is 9.96. The third-order valence-corrected chi connectivity index (χ3v) is 4.98. The van der Waals surface area contributed by atoms with E-state index in [0.717, 1.165) is 17.0 Å². The number of rotatable bonds is 5. The number of hydrogen-bond donors (Lipinski definition) is 3. The van der Waals surface area contributed by atoms with E-state index in [4.69, 9.17) is 11.6 Å². The van der Waals surface area contributed by atoms with E-state index >= 15 is 0 Å². The van der Waals surface area contributed by atoms with Gasteiger partial charge in [-0.05, 0) is 32.4 Å². The van der Waals surface area contributed by atoms with Crippen molar-refractivity contribution in [1.29, 1.82) is 0 Å². The molecule has 2 aromatic rings. The number of carbonyl (C=O) groups excluding carboxylic acids is 2. The van der Waals surface area contributed by atoms with Gasteiger partial charge >= 0.3 is 6.03 Å². The van der Waals surface area contributed by atoms with E-state index in [9.17, 15) is 9.59 Å². The van der Waals surface area contributed by atoms with Crippen LogP contribution in [0.1, 0.15) is 29.9 Å². The Morgan fingerprint density at radius 3 is 2.78 bits per heavy atom. The fourth-order valence-electron chi connectivity index (χ4n) is 3.05. The SMILES string of the molecule is CC1=C(C(=O)NCCn2nc(C)c(Cl)c2C)C(c2cccnc2)NC(=O)N1. The van der Waals surface area contributed by atoms with Crippen molar-refractivity contribution in [3.63, 3.8) is 0 Å². The first-order valence-electron chi connectivity index (χ1n) is 8.54. The molecule has 1 unspecified atom stereocenters. The van der Waals surface area contributed by atoms with Crippen LogP contribution in [0.15, 0.2) is 35.8 Å². The maximum Gasteiger partial charge on any atom is 0.319 e. The molecule has 2 aromatic heterocycles. The summed E-state index contributed by atoms with van der Waals surface area (Å²) in [6.45, 7) is 6.30. The van der Waals surface area contributed by atoms with Gasteiger partial charge < -0.3 is 16.0 Å². The number of urea groups is 1. The van der Waals surface area contributed by atoms with Crippen molar-refractivity contribution in [2.45, 2.75) is 33.4 Å². The largest absolute Gasteiger partial charge is 0.350 e. The third-order valence-electron chi connectivity index (χ3n) is 4.43. The van der Waals surface area contributed by atoms with Crippen LogP contribution in [0.2, 0.25) is 5.02 Å².